The van der Waals surface area contributed by atoms with Crippen LogP contribution in [0.1, 0.15) is 23.8 Å². The fourth-order valence-electron chi connectivity index (χ4n) is 1.91. The number of carbonyl (C=O) groups is 1. The first-order chi connectivity index (χ1) is 10.1. The van der Waals surface area contributed by atoms with Crippen molar-refractivity contribution in [2.24, 2.45) is 0 Å². The van der Waals surface area contributed by atoms with E-state index in [1.165, 1.54) is 6.07 Å². The molecule has 1 amide bonds. The molecule has 2 rings (SSSR count). The summed E-state index contributed by atoms with van der Waals surface area (Å²) in [5.41, 5.74) is 0.433. The van der Waals surface area contributed by atoms with Gasteiger partial charge >= 0.3 is 0 Å². The van der Waals surface area contributed by atoms with Gasteiger partial charge in [0.25, 0.3) is 0 Å². The first-order valence-corrected chi connectivity index (χ1v) is 6.49. The van der Waals surface area contributed by atoms with Crippen molar-refractivity contribution >= 4 is 5.91 Å². The van der Waals surface area contributed by atoms with E-state index >= 15 is 0 Å². The summed E-state index contributed by atoms with van der Waals surface area (Å²) < 4.78 is 40.2. The SMILES string of the molecule is O=C(CCc1ccccc1)NC(F)c1cccc(F)c1F. The van der Waals surface area contributed by atoms with Gasteiger partial charge in [0, 0.05) is 12.0 Å². The van der Waals surface area contributed by atoms with Crippen molar-refractivity contribution in [3.8, 4) is 0 Å². The number of hydrogen-bond acceptors (Lipinski definition) is 1. The first kappa shape index (κ1) is 15.1. The van der Waals surface area contributed by atoms with Crippen LogP contribution >= 0.6 is 0 Å². The number of alkyl halides is 1. The molecule has 0 saturated carbocycles. The van der Waals surface area contributed by atoms with Gasteiger partial charge in [-0.1, -0.05) is 42.5 Å². The second kappa shape index (κ2) is 6.92. The monoisotopic (exact) mass is 293 g/mol. The predicted molar refractivity (Wildman–Crippen MR) is 73.1 cm³/mol. The summed E-state index contributed by atoms with van der Waals surface area (Å²) in [6, 6.07) is 12.4. The fraction of sp³-hybridized carbons (Fsp3) is 0.188. The molecule has 0 aliphatic carbocycles. The third-order valence-electron chi connectivity index (χ3n) is 3.03. The average molecular weight is 293 g/mol. The lowest BCUT2D eigenvalue weighted by Gasteiger charge is -2.12. The molecule has 0 saturated heterocycles. The molecule has 0 aliphatic heterocycles. The van der Waals surface area contributed by atoms with E-state index in [0.29, 0.717) is 6.42 Å². The van der Waals surface area contributed by atoms with Gasteiger partial charge in [0.2, 0.25) is 12.2 Å². The van der Waals surface area contributed by atoms with Crippen molar-refractivity contribution in [3.05, 3.63) is 71.3 Å². The molecule has 0 radical (unpaired) electrons. The van der Waals surface area contributed by atoms with Gasteiger partial charge in [-0.05, 0) is 18.1 Å². The number of benzene rings is 2. The minimum atomic E-state index is -2.07. The zero-order valence-electron chi connectivity index (χ0n) is 11.2. The molecule has 1 N–H and O–H groups in total. The number of amides is 1. The number of halogens is 3. The molecule has 1 unspecified atom stereocenters. The lowest BCUT2D eigenvalue weighted by Crippen LogP contribution is -2.26. The smallest absolute Gasteiger partial charge is 0.222 e. The standard InChI is InChI=1S/C16H14F3NO/c17-13-8-4-7-12(15(13)18)16(19)20-14(21)10-9-11-5-2-1-3-6-11/h1-8,16H,9-10H2,(H,20,21). The molecular formula is C16H14F3NO. The molecular weight excluding hydrogens is 279 g/mol. The Bertz CT molecular complexity index is 616. The van der Waals surface area contributed by atoms with Crippen LogP contribution in [0.3, 0.4) is 0 Å². The molecule has 2 aromatic carbocycles. The maximum Gasteiger partial charge on any atom is 0.222 e. The molecule has 5 heteroatoms. The van der Waals surface area contributed by atoms with Gasteiger partial charge in [-0.2, -0.15) is 0 Å². The van der Waals surface area contributed by atoms with Crippen LogP contribution in [0.15, 0.2) is 48.5 Å². The Hall–Kier alpha value is -2.30. The number of rotatable bonds is 5. The van der Waals surface area contributed by atoms with Crippen molar-refractivity contribution in [1.29, 1.82) is 0 Å². The summed E-state index contributed by atoms with van der Waals surface area (Å²) in [7, 11) is 0. The topological polar surface area (TPSA) is 29.1 Å². The molecule has 21 heavy (non-hydrogen) atoms. The first-order valence-electron chi connectivity index (χ1n) is 6.49. The number of nitrogens with one attached hydrogen (secondary N) is 1. The lowest BCUT2D eigenvalue weighted by atomic mass is 10.1. The highest BCUT2D eigenvalue weighted by molar-refractivity contribution is 5.76. The molecule has 2 nitrogen and oxygen atoms in total. The van der Waals surface area contributed by atoms with E-state index in [2.05, 4.69) is 0 Å². The van der Waals surface area contributed by atoms with Gasteiger partial charge in [-0.25, -0.2) is 13.2 Å². The van der Waals surface area contributed by atoms with Crippen LogP contribution in [-0.2, 0) is 11.2 Å². The molecule has 0 heterocycles. The highest BCUT2D eigenvalue weighted by Crippen LogP contribution is 2.20. The summed E-state index contributed by atoms with van der Waals surface area (Å²) in [5, 5.41) is 2.02. The highest BCUT2D eigenvalue weighted by atomic mass is 19.2. The van der Waals surface area contributed by atoms with Crippen LogP contribution in [0, 0.1) is 11.6 Å². The van der Waals surface area contributed by atoms with Crippen LogP contribution in [0.2, 0.25) is 0 Å². The van der Waals surface area contributed by atoms with Gasteiger partial charge in [0.1, 0.15) is 0 Å². The highest BCUT2D eigenvalue weighted by Gasteiger charge is 2.19. The maximum atomic E-state index is 13.8. The molecule has 0 aliphatic rings. The molecule has 0 spiro atoms. The van der Waals surface area contributed by atoms with Crippen molar-refractivity contribution in [1.82, 2.24) is 5.32 Å². The molecule has 2 aromatic rings. The number of carbonyl (C=O) groups excluding carboxylic acids is 1. The number of aryl methyl sites for hydroxylation is 1. The summed E-state index contributed by atoms with van der Waals surface area (Å²) >= 11 is 0. The van der Waals surface area contributed by atoms with Crippen LogP contribution in [0.25, 0.3) is 0 Å². The molecule has 0 aromatic heterocycles. The average Bonchev–Trinajstić information content (AvgIpc) is 2.49. The second-order valence-corrected chi connectivity index (χ2v) is 4.56. The Balaban J connectivity index is 1.92. The van der Waals surface area contributed by atoms with E-state index in [4.69, 9.17) is 0 Å². The fourth-order valence-corrected chi connectivity index (χ4v) is 1.91. The normalized spacial score (nSPS) is 12.0. The van der Waals surface area contributed by atoms with Crippen LogP contribution in [0.4, 0.5) is 13.2 Å². The predicted octanol–water partition coefficient (Wildman–Crippen LogP) is 3.68. The van der Waals surface area contributed by atoms with E-state index in [1.807, 2.05) is 35.6 Å². The molecule has 0 bridgehead atoms. The zero-order chi connectivity index (χ0) is 15.2. The zero-order valence-corrected chi connectivity index (χ0v) is 11.2. The van der Waals surface area contributed by atoms with E-state index in [9.17, 15) is 18.0 Å². The second-order valence-electron chi connectivity index (χ2n) is 4.56. The van der Waals surface area contributed by atoms with Gasteiger partial charge in [-0.15, -0.1) is 0 Å². The molecule has 1 atom stereocenters. The third kappa shape index (κ3) is 4.08. The summed E-state index contributed by atoms with van der Waals surface area (Å²) in [6.07, 6.45) is -1.55. The van der Waals surface area contributed by atoms with E-state index in [0.717, 1.165) is 17.7 Å². The van der Waals surface area contributed by atoms with E-state index in [-0.39, 0.29) is 6.42 Å². The minimum Gasteiger partial charge on any atom is -0.323 e. The summed E-state index contributed by atoms with van der Waals surface area (Å²) in [4.78, 5) is 11.6. The Morgan fingerprint density at radius 1 is 1.05 bits per heavy atom. The Morgan fingerprint density at radius 3 is 2.48 bits per heavy atom. The molecule has 110 valence electrons. The Morgan fingerprint density at radius 2 is 1.76 bits per heavy atom. The lowest BCUT2D eigenvalue weighted by molar-refractivity contribution is -0.122. The van der Waals surface area contributed by atoms with Crippen LogP contribution in [0.5, 0.6) is 0 Å². The summed E-state index contributed by atoms with van der Waals surface area (Å²) in [6.45, 7) is 0. The van der Waals surface area contributed by atoms with Gasteiger partial charge in [0.15, 0.2) is 11.6 Å². The minimum absolute atomic E-state index is 0.0708. The quantitative estimate of drug-likeness (QED) is 0.837. The van der Waals surface area contributed by atoms with Crippen LogP contribution < -0.4 is 5.32 Å². The van der Waals surface area contributed by atoms with Gasteiger partial charge < -0.3 is 5.32 Å². The Kier molecular flexibility index (Phi) is 4.98. The molecule has 0 fully saturated rings. The van der Waals surface area contributed by atoms with E-state index in [1.54, 1.807) is 0 Å². The number of hydrogen-bond donors (Lipinski definition) is 1. The van der Waals surface area contributed by atoms with Crippen molar-refractivity contribution in [2.75, 3.05) is 0 Å². The largest absolute Gasteiger partial charge is 0.323 e. The van der Waals surface area contributed by atoms with Gasteiger partial charge in [-0.3, -0.25) is 4.79 Å². The van der Waals surface area contributed by atoms with Crippen molar-refractivity contribution in [3.63, 3.8) is 0 Å². The Labute approximate surface area is 120 Å². The van der Waals surface area contributed by atoms with Gasteiger partial charge in [0.05, 0.1) is 0 Å². The summed E-state index contributed by atoms with van der Waals surface area (Å²) in [5.74, 6) is -2.99. The third-order valence-corrected chi connectivity index (χ3v) is 3.03. The van der Waals surface area contributed by atoms with E-state index < -0.39 is 29.4 Å². The van der Waals surface area contributed by atoms with Crippen molar-refractivity contribution in [2.45, 2.75) is 19.1 Å². The van der Waals surface area contributed by atoms with Crippen molar-refractivity contribution < 1.29 is 18.0 Å². The maximum absolute atomic E-state index is 13.8. The van der Waals surface area contributed by atoms with Crippen LogP contribution in [-0.4, -0.2) is 5.91 Å².